The minimum absolute atomic E-state index is 0.0628. The van der Waals surface area contributed by atoms with E-state index in [1.165, 1.54) is 0 Å². The number of nitrogens with one attached hydrogen (secondary N) is 2. The first-order valence-corrected chi connectivity index (χ1v) is 11.3. The Bertz CT molecular complexity index is 985. The van der Waals surface area contributed by atoms with E-state index in [-0.39, 0.29) is 29.4 Å². The van der Waals surface area contributed by atoms with Gasteiger partial charge in [0.25, 0.3) is 5.91 Å². The van der Waals surface area contributed by atoms with Gasteiger partial charge in [-0.1, -0.05) is 5.16 Å². The summed E-state index contributed by atoms with van der Waals surface area (Å²) in [4.78, 5) is 14.6. The largest absolute Gasteiger partial charge is 0.418 e. The molecule has 164 valence electrons. The Kier molecular flexibility index (Phi) is 4.36. The average molecular weight is 440 g/mol. The van der Waals surface area contributed by atoms with E-state index >= 15 is 0 Å². The molecule has 0 aromatic carbocycles. The van der Waals surface area contributed by atoms with Crippen LogP contribution in [0.5, 0.6) is 0 Å². The third-order valence-electron chi connectivity index (χ3n) is 6.92. The second-order valence-corrected chi connectivity index (χ2v) is 9.79. The Morgan fingerprint density at radius 1 is 1.43 bits per heavy atom. The summed E-state index contributed by atoms with van der Waals surface area (Å²) in [6.07, 6.45) is 2.93. The molecular formula is C17H24N6O6S. The fraction of sp³-hybridized carbons (Fsp3) is 0.706. The number of likely N-dealkylation sites (tertiary alicyclic amines) is 1. The van der Waals surface area contributed by atoms with Crippen molar-refractivity contribution < 1.29 is 26.6 Å². The van der Waals surface area contributed by atoms with E-state index < -0.39 is 22.2 Å². The van der Waals surface area contributed by atoms with E-state index in [0.717, 1.165) is 17.9 Å². The molecule has 4 aliphatic rings. The van der Waals surface area contributed by atoms with Crippen molar-refractivity contribution in [2.45, 2.75) is 50.2 Å². The van der Waals surface area contributed by atoms with Gasteiger partial charge in [-0.15, -0.1) is 4.28 Å². The van der Waals surface area contributed by atoms with Gasteiger partial charge in [0.1, 0.15) is 0 Å². The summed E-state index contributed by atoms with van der Waals surface area (Å²) in [6, 6.07) is 1.72. The molecule has 1 aromatic rings. The molecular weight excluding hydrogens is 416 g/mol. The van der Waals surface area contributed by atoms with Gasteiger partial charge in [-0.3, -0.25) is 14.8 Å². The van der Waals surface area contributed by atoms with Crippen LogP contribution in [0.15, 0.2) is 10.6 Å². The summed E-state index contributed by atoms with van der Waals surface area (Å²) in [5.74, 6) is -0.360. The predicted molar refractivity (Wildman–Crippen MR) is 101 cm³/mol. The van der Waals surface area contributed by atoms with Gasteiger partial charge in [0.15, 0.2) is 11.7 Å². The molecule has 1 aromatic heterocycles. The number of aromatic nitrogens is 1. The first kappa shape index (κ1) is 19.7. The molecule has 1 unspecified atom stereocenters. The Balaban J connectivity index is 1.27. The van der Waals surface area contributed by atoms with Crippen molar-refractivity contribution in [1.82, 2.24) is 20.4 Å². The first-order chi connectivity index (χ1) is 14.2. The number of hydroxylamine groups is 2. The van der Waals surface area contributed by atoms with Crippen LogP contribution < -0.4 is 11.1 Å². The molecule has 2 aliphatic heterocycles. The molecule has 3 heterocycles. The standard InChI is InChI=1S/C17H24N6O6S/c18-16(19)22-7-9(8-22)20-6-10-3-13(21-28-10)12-5-17(1-2-17)14-4-11(12)15(24)23(14)29-30(25,26)27/h3,9,11-12,14,20H,1-2,4-8H2,(H3,18,19)(H,25,26,27)/t11?,12-,14+/m1/s1. The highest BCUT2D eigenvalue weighted by Gasteiger charge is 2.65. The monoisotopic (exact) mass is 440 g/mol. The lowest BCUT2D eigenvalue weighted by Crippen LogP contribution is -2.61. The van der Waals surface area contributed by atoms with Crippen LogP contribution in [-0.2, 0) is 26.0 Å². The lowest BCUT2D eigenvalue weighted by Gasteiger charge is -2.39. The van der Waals surface area contributed by atoms with Gasteiger partial charge in [-0.25, -0.2) is 0 Å². The molecule has 13 heteroatoms. The Morgan fingerprint density at radius 3 is 2.80 bits per heavy atom. The molecule has 5 N–H and O–H groups in total. The van der Waals surface area contributed by atoms with E-state index in [1.807, 2.05) is 6.07 Å². The molecule has 2 saturated heterocycles. The Morgan fingerprint density at radius 2 is 2.17 bits per heavy atom. The van der Waals surface area contributed by atoms with Gasteiger partial charge >= 0.3 is 10.4 Å². The lowest BCUT2D eigenvalue weighted by molar-refractivity contribution is -0.161. The average Bonchev–Trinajstić information content (AvgIpc) is 3.12. The van der Waals surface area contributed by atoms with E-state index in [0.29, 0.717) is 43.9 Å². The van der Waals surface area contributed by atoms with Crippen molar-refractivity contribution in [3.05, 3.63) is 17.5 Å². The van der Waals surface area contributed by atoms with E-state index in [4.69, 9.17) is 20.2 Å². The topological polar surface area (TPSA) is 175 Å². The van der Waals surface area contributed by atoms with Gasteiger partial charge in [0.05, 0.1) is 24.2 Å². The van der Waals surface area contributed by atoms with Gasteiger partial charge in [-0.2, -0.15) is 13.5 Å². The summed E-state index contributed by atoms with van der Waals surface area (Å²) in [5.41, 5.74) is 5.92. The quantitative estimate of drug-likeness (QED) is 0.258. The minimum Gasteiger partial charge on any atom is -0.370 e. The number of nitrogens with two attached hydrogens (primary N) is 1. The molecule has 3 atom stereocenters. The van der Waals surface area contributed by atoms with Crippen molar-refractivity contribution in [1.29, 1.82) is 5.41 Å². The molecule has 12 nitrogen and oxygen atoms in total. The van der Waals surface area contributed by atoms with Crippen LogP contribution in [-0.4, -0.2) is 65.1 Å². The van der Waals surface area contributed by atoms with Gasteiger partial charge in [0, 0.05) is 31.1 Å². The maximum absolute atomic E-state index is 12.8. The third-order valence-corrected chi connectivity index (χ3v) is 7.27. The zero-order chi connectivity index (χ0) is 21.3. The summed E-state index contributed by atoms with van der Waals surface area (Å²) >= 11 is 0. The van der Waals surface area contributed by atoms with Crippen LogP contribution in [0.3, 0.4) is 0 Å². The number of hydrogen-bond acceptors (Lipinski definition) is 8. The summed E-state index contributed by atoms with van der Waals surface area (Å²) in [6.45, 7) is 1.81. The number of guanidine groups is 1. The maximum Gasteiger partial charge on any atom is 0.418 e. The van der Waals surface area contributed by atoms with E-state index in [2.05, 4.69) is 14.8 Å². The highest BCUT2D eigenvalue weighted by molar-refractivity contribution is 7.80. The lowest BCUT2D eigenvalue weighted by atomic mass is 9.71. The van der Waals surface area contributed by atoms with Crippen LogP contribution in [0.25, 0.3) is 0 Å². The summed E-state index contributed by atoms with van der Waals surface area (Å²) in [7, 11) is -4.76. The SMILES string of the molecule is N=C(N)N1CC(NCc2cc([C@@H]3CC4(CC4)[C@@H]4CC3C(=O)N4OS(=O)(=O)O)no2)C1. The minimum atomic E-state index is -4.76. The van der Waals surface area contributed by atoms with Gasteiger partial charge in [-0.05, 0) is 31.1 Å². The van der Waals surface area contributed by atoms with Crippen LogP contribution >= 0.6 is 0 Å². The van der Waals surface area contributed by atoms with Crippen molar-refractivity contribution in [2.75, 3.05) is 13.1 Å². The number of carbonyl (C=O) groups excluding carboxylic acids is 1. The molecule has 2 bridgehead atoms. The van der Waals surface area contributed by atoms with Crippen LogP contribution in [0.1, 0.15) is 43.1 Å². The number of nitrogens with zero attached hydrogens (tertiary/aromatic N) is 3. The van der Waals surface area contributed by atoms with Gasteiger partial charge < -0.3 is 20.5 Å². The number of rotatable bonds is 6. The van der Waals surface area contributed by atoms with Crippen LogP contribution in [0, 0.1) is 16.7 Å². The molecule has 0 radical (unpaired) electrons. The van der Waals surface area contributed by atoms with Crippen molar-refractivity contribution >= 4 is 22.3 Å². The number of carbonyl (C=O) groups is 1. The summed E-state index contributed by atoms with van der Waals surface area (Å²) < 4.78 is 41.6. The smallest absolute Gasteiger partial charge is 0.370 e. The molecule has 1 amide bonds. The molecule has 2 saturated carbocycles. The number of fused-ring (bicyclic) bond motifs is 3. The Labute approximate surface area is 173 Å². The highest BCUT2D eigenvalue weighted by atomic mass is 32.3. The third kappa shape index (κ3) is 3.35. The first-order valence-electron chi connectivity index (χ1n) is 9.93. The zero-order valence-electron chi connectivity index (χ0n) is 16.2. The van der Waals surface area contributed by atoms with Crippen molar-refractivity contribution in [3.8, 4) is 0 Å². The molecule has 4 fully saturated rings. The fourth-order valence-electron chi connectivity index (χ4n) is 5.14. The van der Waals surface area contributed by atoms with Gasteiger partial charge in [0.2, 0.25) is 0 Å². The summed E-state index contributed by atoms with van der Waals surface area (Å²) in [5, 5.41) is 15.8. The van der Waals surface area contributed by atoms with Crippen LogP contribution in [0.2, 0.25) is 0 Å². The zero-order valence-corrected chi connectivity index (χ0v) is 17.0. The van der Waals surface area contributed by atoms with E-state index in [1.54, 1.807) is 4.90 Å². The number of amides is 1. The fourth-order valence-corrected chi connectivity index (χ4v) is 5.52. The second kappa shape index (κ2) is 6.64. The maximum atomic E-state index is 12.8. The molecule has 2 aliphatic carbocycles. The van der Waals surface area contributed by atoms with Crippen molar-refractivity contribution in [3.63, 3.8) is 0 Å². The molecule has 1 spiro atoms. The highest BCUT2D eigenvalue weighted by Crippen LogP contribution is 2.65. The number of hydrogen-bond donors (Lipinski definition) is 4. The normalized spacial score (nSPS) is 30.0. The Hall–Kier alpha value is -2.22. The predicted octanol–water partition coefficient (Wildman–Crippen LogP) is -0.439. The molecule has 5 rings (SSSR count). The second-order valence-electron chi connectivity index (χ2n) is 8.78. The van der Waals surface area contributed by atoms with E-state index in [9.17, 15) is 13.2 Å². The molecule has 30 heavy (non-hydrogen) atoms. The van der Waals surface area contributed by atoms with Crippen LogP contribution in [0.4, 0.5) is 0 Å². The van der Waals surface area contributed by atoms with Crippen molar-refractivity contribution in [2.24, 2.45) is 17.1 Å².